The van der Waals surface area contributed by atoms with Crippen molar-refractivity contribution in [1.29, 1.82) is 0 Å². The van der Waals surface area contributed by atoms with Gasteiger partial charge in [0.2, 0.25) is 0 Å². The van der Waals surface area contributed by atoms with Gasteiger partial charge in [0.15, 0.2) is 0 Å². The van der Waals surface area contributed by atoms with Gasteiger partial charge in [-0.2, -0.15) is 0 Å². The van der Waals surface area contributed by atoms with Crippen LogP contribution < -0.4 is 0 Å². The van der Waals surface area contributed by atoms with Gasteiger partial charge in [-0.25, -0.2) is 4.79 Å². The minimum absolute atomic E-state index is 0.183. The molecular weight excluding hydrogens is 188 g/mol. The molecule has 0 aliphatic heterocycles. The molecule has 0 aromatic carbocycles. The molecule has 2 nitrogen and oxygen atoms in total. The molecule has 70 valence electrons. The van der Waals surface area contributed by atoms with E-state index in [0.717, 1.165) is 0 Å². The highest BCUT2D eigenvalue weighted by atomic mass is 35.5. The molecule has 0 aromatic heterocycles. The zero-order chi connectivity index (χ0) is 10.4. The lowest BCUT2D eigenvalue weighted by molar-refractivity contribution is -0.135. The van der Waals surface area contributed by atoms with Crippen LogP contribution in [0.25, 0.3) is 0 Å². The molecule has 3 heteroatoms. The second-order valence-corrected chi connectivity index (χ2v) is 2.67. The molecule has 0 atom stereocenters. The van der Waals surface area contributed by atoms with Crippen molar-refractivity contribution in [3.63, 3.8) is 0 Å². The third-order valence-electron chi connectivity index (χ3n) is 1.33. The highest BCUT2D eigenvalue weighted by molar-refractivity contribution is 6.31. The van der Waals surface area contributed by atoms with Gasteiger partial charge in [0, 0.05) is 5.03 Å². The van der Waals surface area contributed by atoms with E-state index in [1.165, 1.54) is 19.3 Å². The number of allylic oxidation sites excluding steroid dienone is 3. The van der Waals surface area contributed by atoms with Crippen molar-refractivity contribution in [2.24, 2.45) is 0 Å². The number of carbonyl (C=O) groups is 1. The minimum Gasteiger partial charge on any atom is -0.465 e. The molecule has 0 heterocycles. The van der Waals surface area contributed by atoms with Crippen molar-refractivity contribution in [2.75, 3.05) is 7.11 Å². The van der Waals surface area contributed by atoms with Crippen LogP contribution in [0.15, 0.2) is 48.1 Å². The Kier molecular flexibility index (Phi) is 4.85. The number of esters is 1. The molecule has 0 aliphatic carbocycles. The van der Waals surface area contributed by atoms with Crippen LogP contribution in [-0.2, 0) is 9.53 Å². The molecule has 0 bridgehead atoms. The highest BCUT2D eigenvalue weighted by Gasteiger charge is 2.08. The lowest BCUT2D eigenvalue weighted by Gasteiger charge is -2.02. The van der Waals surface area contributed by atoms with Crippen LogP contribution in [0.4, 0.5) is 0 Å². The van der Waals surface area contributed by atoms with Crippen LogP contribution in [0.5, 0.6) is 0 Å². The number of halogens is 1. The van der Waals surface area contributed by atoms with Crippen molar-refractivity contribution in [2.45, 2.75) is 0 Å². The molecule has 0 unspecified atom stereocenters. The van der Waals surface area contributed by atoms with E-state index in [-0.39, 0.29) is 5.57 Å². The molecule has 0 fully saturated rings. The normalized spacial score (nSPS) is 10.5. The van der Waals surface area contributed by atoms with E-state index in [4.69, 9.17) is 11.6 Å². The van der Waals surface area contributed by atoms with E-state index in [2.05, 4.69) is 24.5 Å². The van der Waals surface area contributed by atoms with Gasteiger partial charge in [-0.3, -0.25) is 0 Å². The van der Waals surface area contributed by atoms with Gasteiger partial charge in [-0.15, -0.1) is 0 Å². The molecule has 0 amide bonds. The van der Waals surface area contributed by atoms with E-state index in [1.807, 2.05) is 0 Å². The SMILES string of the molecule is C=CC(Cl)=CC(=C)C(=C)C(=O)OC. The number of carbonyl (C=O) groups excluding carboxylic acids is 1. The number of ether oxygens (including phenoxy) is 1. The number of hydrogen-bond donors (Lipinski definition) is 0. The Morgan fingerprint density at radius 2 is 2.00 bits per heavy atom. The molecule has 0 spiro atoms. The van der Waals surface area contributed by atoms with Gasteiger partial charge in [0.05, 0.1) is 12.7 Å². The Hall–Kier alpha value is -1.28. The average molecular weight is 199 g/mol. The predicted octanol–water partition coefficient (Wildman–Crippen LogP) is 2.58. The lowest BCUT2D eigenvalue weighted by Crippen LogP contribution is -2.04. The first-order valence-corrected chi connectivity index (χ1v) is 3.86. The summed E-state index contributed by atoms with van der Waals surface area (Å²) in [6.45, 7) is 10.6. The average Bonchev–Trinajstić information content (AvgIpc) is 2.14. The van der Waals surface area contributed by atoms with Gasteiger partial charge < -0.3 is 4.74 Å². The Bertz CT molecular complexity index is 287. The Morgan fingerprint density at radius 1 is 1.46 bits per heavy atom. The summed E-state index contributed by atoms with van der Waals surface area (Å²) in [7, 11) is 1.28. The molecule has 0 rings (SSSR count). The first-order chi connectivity index (χ1) is 6.02. The van der Waals surface area contributed by atoms with E-state index in [9.17, 15) is 4.79 Å². The molecule has 0 aromatic rings. The van der Waals surface area contributed by atoms with Crippen molar-refractivity contribution >= 4 is 17.6 Å². The van der Waals surface area contributed by atoms with Crippen LogP contribution in [-0.4, -0.2) is 13.1 Å². The second kappa shape index (κ2) is 5.38. The third-order valence-corrected chi connectivity index (χ3v) is 1.59. The van der Waals surface area contributed by atoms with Crippen LogP contribution in [0, 0.1) is 0 Å². The summed E-state index contributed by atoms with van der Waals surface area (Å²) >= 11 is 5.64. The summed E-state index contributed by atoms with van der Waals surface area (Å²) in [5.74, 6) is -0.519. The fraction of sp³-hybridized carbons (Fsp3) is 0.100. The van der Waals surface area contributed by atoms with Gasteiger partial charge in [0.25, 0.3) is 0 Å². The summed E-state index contributed by atoms with van der Waals surface area (Å²) in [4.78, 5) is 10.9. The first-order valence-electron chi connectivity index (χ1n) is 3.49. The topological polar surface area (TPSA) is 26.3 Å². The Labute approximate surface area is 82.8 Å². The van der Waals surface area contributed by atoms with Crippen LogP contribution >= 0.6 is 11.6 Å². The van der Waals surface area contributed by atoms with E-state index in [0.29, 0.717) is 10.6 Å². The summed E-state index contributed by atoms with van der Waals surface area (Å²) in [5, 5.41) is 0.398. The molecule has 0 radical (unpaired) electrons. The molecule has 0 aliphatic rings. The highest BCUT2D eigenvalue weighted by Crippen LogP contribution is 2.13. The number of methoxy groups -OCH3 is 1. The fourth-order valence-corrected chi connectivity index (χ4v) is 0.698. The summed E-state index contributed by atoms with van der Waals surface area (Å²) in [6.07, 6.45) is 2.94. The van der Waals surface area contributed by atoms with Crippen molar-refractivity contribution in [3.05, 3.63) is 48.1 Å². The number of rotatable bonds is 4. The van der Waals surface area contributed by atoms with Crippen LogP contribution in [0.1, 0.15) is 0 Å². The number of hydrogen-bond acceptors (Lipinski definition) is 2. The van der Waals surface area contributed by atoms with Crippen LogP contribution in [0.3, 0.4) is 0 Å². The van der Waals surface area contributed by atoms with E-state index in [1.54, 1.807) is 0 Å². The maximum atomic E-state index is 10.9. The zero-order valence-corrected chi connectivity index (χ0v) is 8.23. The lowest BCUT2D eigenvalue weighted by atomic mass is 10.1. The fourth-order valence-electron chi connectivity index (χ4n) is 0.567. The maximum absolute atomic E-state index is 10.9. The van der Waals surface area contributed by atoms with E-state index >= 15 is 0 Å². The standard InChI is InChI=1S/C10H11ClO2/c1-5-9(11)6-7(2)8(3)10(12)13-4/h5-6H,1-3H2,4H3. The summed E-state index contributed by atoms with van der Waals surface area (Å²) < 4.78 is 4.45. The van der Waals surface area contributed by atoms with Gasteiger partial charge in [-0.05, 0) is 11.6 Å². The second-order valence-electron chi connectivity index (χ2n) is 2.23. The Morgan fingerprint density at radius 3 is 2.38 bits per heavy atom. The maximum Gasteiger partial charge on any atom is 0.337 e. The summed E-state index contributed by atoms with van der Waals surface area (Å²) in [5.41, 5.74) is 0.597. The third kappa shape index (κ3) is 3.76. The molecule has 0 saturated carbocycles. The Balaban J connectivity index is 4.54. The quantitative estimate of drug-likeness (QED) is 0.394. The summed E-state index contributed by atoms with van der Waals surface area (Å²) in [6, 6.07) is 0. The van der Waals surface area contributed by atoms with E-state index < -0.39 is 5.97 Å². The monoisotopic (exact) mass is 198 g/mol. The largest absolute Gasteiger partial charge is 0.465 e. The van der Waals surface area contributed by atoms with Gasteiger partial charge in [-0.1, -0.05) is 37.4 Å². The molecule has 0 saturated heterocycles. The smallest absolute Gasteiger partial charge is 0.337 e. The van der Waals surface area contributed by atoms with Crippen LogP contribution in [0.2, 0.25) is 0 Å². The first kappa shape index (κ1) is 11.7. The zero-order valence-electron chi connectivity index (χ0n) is 7.47. The molecule has 0 N–H and O–H groups in total. The predicted molar refractivity (Wildman–Crippen MR) is 54.4 cm³/mol. The van der Waals surface area contributed by atoms with Crippen molar-refractivity contribution in [3.8, 4) is 0 Å². The molecule has 13 heavy (non-hydrogen) atoms. The van der Waals surface area contributed by atoms with Crippen molar-refractivity contribution in [1.82, 2.24) is 0 Å². The minimum atomic E-state index is -0.519. The van der Waals surface area contributed by atoms with Gasteiger partial charge >= 0.3 is 5.97 Å². The van der Waals surface area contributed by atoms with Crippen molar-refractivity contribution < 1.29 is 9.53 Å². The van der Waals surface area contributed by atoms with Gasteiger partial charge in [0.1, 0.15) is 0 Å². The molecular formula is C10H11ClO2.